The molecule has 0 radical (unpaired) electrons. The van der Waals surface area contributed by atoms with Crippen molar-refractivity contribution in [2.75, 3.05) is 32.7 Å². The van der Waals surface area contributed by atoms with Gasteiger partial charge in [0.15, 0.2) is 0 Å². The van der Waals surface area contributed by atoms with E-state index >= 15 is 0 Å². The molecule has 2 aromatic rings. The van der Waals surface area contributed by atoms with Crippen LogP contribution in [0.2, 0.25) is 0 Å². The predicted octanol–water partition coefficient (Wildman–Crippen LogP) is 2.64. The first-order valence-corrected chi connectivity index (χ1v) is 12.5. The van der Waals surface area contributed by atoms with Crippen LogP contribution < -0.4 is 0 Å². The Morgan fingerprint density at radius 2 is 1.79 bits per heavy atom. The normalized spacial score (nSPS) is 21.9. The number of benzene rings is 1. The largest absolute Gasteiger partial charge is 0.340 e. The third-order valence-electron chi connectivity index (χ3n) is 5.70. The molecule has 1 unspecified atom stereocenters. The highest BCUT2D eigenvalue weighted by Gasteiger charge is 2.41. The average Bonchev–Trinajstić information content (AvgIpc) is 3.39. The maximum atomic E-state index is 13.2. The fourth-order valence-electron chi connectivity index (χ4n) is 4.20. The number of hydrogen-bond acceptors (Lipinski definition) is 5. The molecule has 1 amide bonds. The van der Waals surface area contributed by atoms with Gasteiger partial charge in [-0.05, 0) is 36.3 Å². The van der Waals surface area contributed by atoms with Crippen LogP contribution in [0.25, 0.3) is 0 Å². The second kappa shape index (κ2) is 8.95. The van der Waals surface area contributed by atoms with Crippen LogP contribution in [0.15, 0.2) is 52.1 Å². The van der Waals surface area contributed by atoms with Gasteiger partial charge in [-0.2, -0.15) is 4.31 Å². The van der Waals surface area contributed by atoms with Gasteiger partial charge in [0.25, 0.3) is 10.0 Å². The van der Waals surface area contributed by atoms with E-state index in [0.29, 0.717) is 30.3 Å². The summed E-state index contributed by atoms with van der Waals surface area (Å²) in [5.74, 6) is -0.0378. The summed E-state index contributed by atoms with van der Waals surface area (Å²) in [5, 5.41) is 1.76. The summed E-state index contributed by atoms with van der Waals surface area (Å²) >= 11 is 1.21. The zero-order valence-corrected chi connectivity index (χ0v) is 18.1. The summed E-state index contributed by atoms with van der Waals surface area (Å²) in [4.78, 5) is 17.5. The molecule has 2 fully saturated rings. The molecule has 0 saturated carbocycles. The number of carbonyl (C=O) groups is 1. The first kappa shape index (κ1) is 20.5. The SMILES string of the molecule is O=C(C1CCCN1S(=O)(=O)c1cccs1)N1CCCN(Cc2ccccc2)CC1. The van der Waals surface area contributed by atoms with Crippen LogP contribution in [0.5, 0.6) is 0 Å². The molecule has 29 heavy (non-hydrogen) atoms. The van der Waals surface area contributed by atoms with Crippen LogP contribution in [0, 0.1) is 0 Å². The molecule has 0 aliphatic carbocycles. The van der Waals surface area contributed by atoms with E-state index in [2.05, 4.69) is 17.0 Å². The van der Waals surface area contributed by atoms with E-state index in [9.17, 15) is 13.2 Å². The smallest absolute Gasteiger partial charge is 0.253 e. The van der Waals surface area contributed by atoms with Crippen molar-refractivity contribution in [2.24, 2.45) is 0 Å². The average molecular weight is 434 g/mol. The predicted molar refractivity (Wildman–Crippen MR) is 114 cm³/mol. The number of carbonyl (C=O) groups excluding carboxylic acids is 1. The summed E-state index contributed by atoms with van der Waals surface area (Å²) in [5.41, 5.74) is 1.27. The zero-order valence-electron chi connectivity index (χ0n) is 16.4. The molecule has 3 heterocycles. The van der Waals surface area contributed by atoms with Gasteiger partial charge in [0, 0.05) is 39.3 Å². The topological polar surface area (TPSA) is 60.9 Å². The van der Waals surface area contributed by atoms with E-state index in [1.165, 1.54) is 21.2 Å². The molecule has 0 spiro atoms. The van der Waals surface area contributed by atoms with E-state index in [1.807, 2.05) is 23.1 Å². The van der Waals surface area contributed by atoms with Crippen molar-refractivity contribution in [3.05, 3.63) is 53.4 Å². The molecule has 6 nitrogen and oxygen atoms in total. The molecule has 156 valence electrons. The number of rotatable bonds is 5. The number of thiophene rings is 1. The third-order valence-corrected chi connectivity index (χ3v) is 8.98. The minimum Gasteiger partial charge on any atom is -0.340 e. The molecule has 1 aromatic carbocycles. The van der Waals surface area contributed by atoms with Gasteiger partial charge in [-0.25, -0.2) is 8.42 Å². The molecule has 4 rings (SSSR count). The molecular weight excluding hydrogens is 406 g/mol. The Hall–Kier alpha value is -1.74. The fraction of sp³-hybridized carbons (Fsp3) is 0.476. The highest BCUT2D eigenvalue weighted by Crippen LogP contribution is 2.29. The summed E-state index contributed by atoms with van der Waals surface area (Å²) in [7, 11) is -3.59. The van der Waals surface area contributed by atoms with Crippen molar-refractivity contribution >= 4 is 27.3 Å². The standard InChI is InChI=1S/C21H27N3O3S2/c25-21(19-9-4-13-24(19)29(26,27)20-10-5-16-28-20)23-12-6-11-22(14-15-23)17-18-7-2-1-3-8-18/h1-3,5,7-8,10,16,19H,4,6,9,11-15,17H2. The zero-order chi connectivity index (χ0) is 20.3. The lowest BCUT2D eigenvalue weighted by Gasteiger charge is -2.29. The summed E-state index contributed by atoms with van der Waals surface area (Å²) < 4.78 is 27.7. The molecule has 2 aliphatic heterocycles. The van der Waals surface area contributed by atoms with Gasteiger partial charge in [-0.3, -0.25) is 9.69 Å². The van der Waals surface area contributed by atoms with Crippen molar-refractivity contribution < 1.29 is 13.2 Å². The summed E-state index contributed by atoms with van der Waals surface area (Å²) in [6, 6.07) is 13.1. The minimum atomic E-state index is -3.59. The first-order valence-electron chi connectivity index (χ1n) is 10.2. The van der Waals surface area contributed by atoms with Crippen molar-refractivity contribution in [3.63, 3.8) is 0 Å². The molecule has 0 bridgehead atoms. The highest BCUT2D eigenvalue weighted by atomic mass is 32.2. The van der Waals surface area contributed by atoms with Crippen LogP contribution in [-0.2, 0) is 21.4 Å². The maximum Gasteiger partial charge on any atom is 0.253 e. The van der Waals surface area contributed by atoms with Gasteiger partial charge in [0.2, 0.25) is 5.91 Å². The van der Waals surface area contributed by atoms with Crippen molar-refractivity contribution in [3.8, 4) is 0 Å². The molecule has 2 saturated heterocycles. The van der Waals surface area contributed by atoms with E-state index in [1.54, 1.807) is 17.5 Å². The lowest BCUT2D eigenvalue weighted by atomic mass is 10.2. The van der Waals surface area contributed by atoms with Crippen LogP contribution in [0.1, 0.15) is 24.8 Å². The monoisotopic (exact) mass is 433 g/mol. The van der Waals surface area contributed by atoms with E-state index in [-0.39, 0.29) is 5.91 Å². The van der Waals surface area contributed by atoms with Gasteiger partial charge in [-0.1, -0.05) is 36.4 Å². The van der Waals surface area contributed by atoms with Gasteiger partial charge < -0.3 is 4.90 Å². The lowest BCUT2D eigenvalue weighted by molar-refractivity contribution is -0.134. The quantitative estimate of drug-likeness (QED) is 0.727. The van der Waals surface area contributed by atoms with E-state index < -0.39 is 16.1 Å². The number of amides is 1. The van der Waals surface area contributed by atoms with Crippen LogP contribution >= 0.6 is 11.3 Å². The van der Waals surface area contributed by atoms with Crippen LogP contribution in [-0.4, -0.2) is 67.2 Å². The second-order valence-electron chi connectivity index (χ2n) is 7.65. The number of hydrogen-bond donors (Lipinski definition) is 0. The Bertz CT molecular complexity index is 916. The number of nitrogens with zero attached hydrogens (tertiary/aromatic N) is 3. The molecule has 8 heteroatoms. The van der Waals surface area contributed by atoms with E-state index in [4.69, 9.17) is 0 Å². The lowest BCUT2D eigenvalue weighted by Crippen LogP contribution is -2.48. The van der Waals surface area contributed by atoms with Gasteiger partial charge in [0.1, 0.15) is 10.3 Å². The Labute approximate surface area is 176 Å². The maximum absolute atomic E-state index is 13.2. The van der Waals surface area contributed by atoms with E-state index in [0.717, 1.165) is 32.5 Å². The summed E-state index contributed by atoms with van der Waals surface area (Å²) in [6.07, 6.45) is 2.24. The third kappa shape index (κ3) is 4.55. The van der Waals surface area contributed by atoms with Crippen molar-refractivity contribution in [2.45, 2.75) is 36.1 Å². The Morgan fingerprint density at radius 1 is 0.966 bits per heavy atom. The summed E-state index contributed by atoms with van der Waals surface area (Å²) in [6.45, 7) is 4.39. The van der Waals surface area contributed by atoms with Crippen molar-refractivity contribution in [1.82, 2.24) is 14.1 Å². The molecule has 1 aromatic heterocycles. The Kier molecular flexibility index (Phi) is 6.34. The fourth-order valence-corrected chi connectivity index (χ4v) is 6.97. The molecule has 1 atom stereocenters. The molecule has 0 N–H and O–H groups in total. The number of sulfonamides is 1. The highest BCUT2D eigenvalue weighted by molar-refractivity contribution is 7.91. The molecular formula is C21H27N3O3S2. The first-order chi connectivity index (χ1) is 14.1. The van der Waals surface area contributed by atoms with Crippen molar-refractivity contribution in [1.29, 1.82) is 0 Å². The van der Waals surface area contributed by atoms with Gasteiger partial charge in [-0.15, -0.1) is 11.3 Å². The van der Waals surface area contributed by atoms with Gasteiger partial charge in [0.05, 0.1) is 0 Å². The Morgan fingerprint density at radius 3 is 2.55 bits per heavy atom. The van der Waals surface area contributed by atoms with Crippen LogP contribution in [0.3, 0.4) is 0 Å². The minimum absolute atomic E-state index is 0.0378. The molecule has 2 aliphatic rings. The second-order valence-corrected chi connectivity index (χ2v) is 10.7. The van der Waals surface area contributed by atoms with Crippen LogP contribution in [0.4, 0.5) is 0 Å². The van der Waals surface area contributed by atoms with Gasteiger partial charge >= 0.3 is 0 Å². The Balaban J connectivity index is 1.41.